The first-order valence-corrected chi connectivity index (χ1v) is 7.73. The fourth-order valence-corrected chi connectivity index (χ4v) is 3.43. The number of carbonyl (C=O) groups excluding carboxylic acids is 1. The average molecular weight is 287 g/mol. The van der Waals surface area contributed by atoms with Crippen molar-refractivity contribution in [2.75, 3.05) is 0 Å². The van der Waals surface area contributed by atoms with Crippen LogP contribution >= 0.6 is 0 Å². The molecule has 4 heteroatoms. The Kier molecular flexibility index (Phi) is 3.70. The number of nitrogens with one attached hydrogen (secondary N) is 1. The summed E-state index contributed by atoms with van der Waals surface area (Å²) in [6, 6.07) is 9.60. The van der Waals surface area contributed by atoms with Crippen LogP contribution < -0.4 is 5.32 Å². The van der Waals surface area contributed by atoms with E-state index in [1.165, 1.54) is 0 Å². The van der Waals surface area contributed by atoms with Crippen molar-refractivity contribution in [1.82, 2.24) is 5.32 Å². The molecule has 0 aliphatic heterocycles. The number of benzene rings is 1. The highest BCUT2D eigenvalue weighted by molar-refractivity contribution is 5.91. The summed E-state index contributed by atoms with van der Waals surface area (Å²) >= 11 is 0. The summed E-state index contributed by atoms with van der Waals surface area (Å²) in [6.07, 6.45) is 5.08. The van der Waals surface area contributed by atoms with Crippen LogP contribution in [0.5, 0.6) is 0 Å². The van der Waals surface area contributed by atoms with Gasteiger partial charge in [0.2, 0.25) is 5.91 Å². The van der Waals surface area contributed by atoms with E-state index in [1.807, 2.05) is 30.3 Å². The molecule has 1 aromatic carbocycles. The molecule has 0 bridgehead atoms. The highest BCUT2D eigenvalue weighted by Gasteiger charge is 2.52. The van der Waals surface area contributed by atoms with Crippen molar-refractivity contribution in [3.05, 3.63) is 35.9 Å². The second-order valence-electron chi connectivity index (χ2n) is 6.26. The molecule has 1 aromatic rings. The number of carboxylic acids is 1. The number of amides is 1. The first-order chi connectivity index (χ1) is 10.1. The number of aliphatic carboxylic acids is 1. The van der Waals surface area contributed by atoms with Crippen molar-refractivity contribution < 1.29 is 14.7 Å². The fraction of sp³-hybridized carbons (Fsp3) is 0.529. The third-order valence-corrected chi connectivity index (χ3v) is 4.91. The monoisotopic (exact) mass is 287 g/mol. The van der Waals surface area contributed by atoms with E-state index in [9.17, 15) is 14.7 Å². The quantitative estimate of drug-likeness (QED) is 0.894. The van der Waals surface area contributed by atoms with E-state index in [0.717, 1.165) is 37.7 Å². The Morgan fingerprint density at radius 1 is 1.10 bits per heavy atom. The van der Waals surface area contributed by atoms with Crippen molar-refractivity contribution in [2.45, 2.75) is 50.0 Å². The van der Waals surface area contributed by atoms with Gasteiger partial charge in [0.05, 0.1) is 11.3 Å². The summed E-state index contributed by atoms with van der Waals surface area (Å²) in [6.45, 7) is 0. The van der Waals surface area contributed by atoms with Gasteiger partial charge in [0, 0.05) is 6.04 Å². The van der Waals surface area contributed by atoms with Crippen LogP contribution in [0.2, 0.25) is 0 Å². The summed E-state index contributed by atoms with van der Waals surface area (Å²) in [5.74, 6) is -1.22. The van der Waals surface area contributed by atoms with Gasteiger partial charge in [-0.1, -0.05) is 43.2 Å². The lowest BCUT2D eigenvalue weighted by Gasteiger charge is -2.30. The Hall–Kier alpha value is -1.84. The second kappa shape index (κ2) is 5.51. The molecule has 0 aromatic heterocycles. The molecule has 2 N–H and O–H groups in total. The Morgan fingerprint density at radius 2 is 1.76 bits per heavy atom. The fourth-order valence-electron chi connectivity index (χ4n) is 3.43. The topological polar surface area (TPSA) is 66.4 Å². The first-order valence-electron chi connectivity index (χ1n) is 7.73. The molecule has 2 unspecified atom stereocenters. The lowest BCUT2D eigenvalue weighted by molar-refractivity contribution is -0.144. The lowest BCUT2D eigenvalue weighted by Crippen LogP contribution is -2.48. The molecule has 2 atom stereocenters. The number of hydrogen-bond acceptors (Lipinski definition) is 2. The van der Waals surface area contributed by atoms with Gasteiger partial charge in [0.25, 0.3) is 0 Å². The van der Waals surface area contributed by atoms with Gasteiger partial charge in [-0.2, -0.15) is 0 Å². The van der Waals surface area contributed by atoms with Crippen molar-refractivity contribution in [3.8, 4) is 0 Å². The largest absolute Gasteiger partial charge is 0.481 e. The molecule has 0 saturated heterocycles. The van der Waals surface area contributed by atoms with Crippen LogP contribution in [-0.2, 0) is 15.0 Å². The smallest absolute Gasteiger partial charge is 0.308 e. The van der Waals surface area contributed by atoms with E-state index in [2.05, 4.69) is 5.32 Å². The van der Waals surface area contributed by atoms with Gasteiger partial charge in [0.1, 0.15) is 0 Å². The molecule has 2 aliphatic carbocycles. The number of rotatable bonds is 4. The van der Waals surface area contributed by atoms with Crippen LogP contribution in [0.25, 0.3) is 0 Å². The molecule has 2 fully saturated rings. The molecule has 21 heavy (non-hydrogen) atoms. The predicted octanol–water partition coefficient (Wildman–Crippen LogP) is 2.48. The molecule has 3 rings (SSSR count). The normalized spacial score (nSPS) is 26.9. The minimum absolute atomic E-state index is 0.00634. The molecule has 2 saturated carbocycles. The first kappa shape index (κ1) is 14.1. The van der Waals surface area contributed by atoms with Gasteiger partial charge in [-0.3, -0.25) is 9.59 Å². The molecule has 1 amide bonds. The molecule has 0 radical (unpaired) electrons. The van der Waals surface area contributed by atoms with E-state index < -0.39 is 17.3 Å². The molecule has 2 aliphatic rings. The predicted molar refractivity (Wildman–Crippen MR) is 78.9 cm³/mol. The van der Waals surface area contributed by atoms with E-state index in [0.29, 0.717) is 6.42 Å². The second-order valence-corrected chi connectivity index (χ2v) is 6.26. The highest BCUT2D eigenvalue weighted by Crippen LogP contribution is 2.48. The molecule has 4 nitrogen and oxygen atoms in total. The molecular formula is C17H21NO3. The summed E-state index contributed by atoms with van der Waals surface area (Å²) in [4.78, 5) is 24.0. The molecule has 112 valence electrons. The van der Waals surface area contributed by atoms with Gasteiger partial charge in [-0.15, -0.1) is 0 Å². The van der Waals surface area contributed by atoms with Crippen LogP contribution in [0.1, 0.15) is 44.1 Å². The van der Waals surface area contributed by atoms with Gasteiger partial charge < -0.3 is 10.4 Å². The SMILES string of the molecule is O=C(O)C1CCCCC1NC(=O)C1(c2ccccc2)CC1. The number of carbonyl (C=O) groups is 2. The standard InChI is InChI=1S/C17H21NO3/c19-15(20)13-8-4-5-9-14(13)18-16(21)17(10-11-17)12-6-2-1-3-7-12/h1-3,6-7,13-14H,4-5,8-11H2,(H,18,21)(H,19,20). The molecular weight excluding hydrogens is 266 g/mol. The maximum atomic E-state index is 12.7. The Balaban J connectivity index is 1.73. The van der Waals surface area contributed by atoms with Crippen molar-refractivity contribution >= 4 is 11.9 Å². The van der Waals surface area contributed by atoms with Crippen LogP contribution in [0.3, 0.4) is 0 Å². The zero-order valence-corrected chi connectivity index (χ0v) is 12.0. The van der Waals surface area contributed by atoms with Crippen LogP contribution in [-0.4, -0.2) is 23.0 Å². The molecule has 0 spiro atoms. The van der Waals surface area contributed by atoms with Crippen LogP contribution in [0.4, 0.5) is 0 Å². The molecule has 0 heterocycles. The summed E-state index contributed by atoms with van der Waals surface area (Å²) in [7, 11) is 0. The zero-order valence-electron chi connectivity index (χ0n) is 12.0. The van der Waals surface area contributed by atoms with Crippen molar-refractivity contribution in [1.29, 1.82) is 0 Å². The third-order valence-electron chi connectivity index (χ3n) is 4.91. The minimum Gasteiger partial charge on any atom is -0.481 e. The van der Waals surface area contributed by atoms with E-state index in [1.54, 1.807) is 0 Å². The maximum Gasteiger partial charge on any atom is 0.308 e. The summed E-state index contributed by atoms with van der Waals surface area (Å²) in [5, 5.41) is 12.3. The lowest BCUT2D eigenvalue weighted by atomic mass is 9.83. The highest BCUT2D eigenvalue weighted by atomic mass is 16.4. The minimum atomic E-state index is -0.787. The third kappa shape index (κ3) is 2.67. The van der Waals surface area contributed by atoms with Crippen molar-refractivity contribution in [3.63, 3.8) is 0 Å². The Bertz CT molecular complexity index is 536. The maximum absolute atomic E-state index is 12.7. The van der Waals surface area contributed by atoms with Gasteiger partial charge >= 0.3 is 5.97 Å². The van der Waals surface area contributed by atoms with Gasteiger partial charge in [0.15, 0.2) is 0 Å². The van der Waals surface area contributed by atoms with Gasteiger partial charge in [-0.05, 0) is 31.2 Å². The number of hydrogen-bond donors (Lipinski definition) is 2. The van der Waals surface area contributed by atoms with Crippen LogP contribution in [0.15, 0.2) is 30.3 Å². The summed E-state index contributed by atoms with van der Waals surface area (Å²) < 4.78 is 0. The summed E-state index contributed by atoms with van der Waals surface area (Å²) in [5.41, 5.74) is 0.632. The number of carboxylic acid groups (broad SMARTS) is 1. The van der Waals surface area contributed by atoms with E-state index in [4.69, 9.17) is 0 Å². The van der Waals surface area contributed by atoms with Gasteiger partial charge in [-0.25, -0.2) is 0 Å². The Labute approximate surface area is 124 Å². The zero-order chi connectivity index (χ0) is 14.9. The van der Waals surface area contributed by atoms with E-state index in [-0.39, 0.29) is 11.9 Å². The van der Waals surface area contributed by atoms with Crippen molar-refractivity contribution in [2.24, 2.45) is 5.92 Å². The van der Waals surface area contributed by atoms with E-state index >= 15 is 0 Å². The van der Waals surface area contributed by atoms with Crippen LogP contribution in [0, 0.1) is 5.92 Å². The Morgan fingerprint density at radius 3 is 2.38 bits per heavy atom. The average Bonchev–Trinajstić information content (AvgIpc) is 3.30.